The van der Waals surface area contributed by atoms with Crippen LogP contribution in [0.5, 0.6) is 0 Å². The molecule has 0 aromatic heterocycles. The number of benzene rings is 14. The molecule has 0 saturated heterocycles. The molecule has 16 rings (SSSR count). The highest BCUT2D eigenvalue weighted by Gasteiger charge is 2.47. The smallest absolute Gasteiger partial charge is 0.0713 e. The molecule has 0 heterocycles. The molecule has 0 aliphatic heterocycles. The van der Waals surface area contributed by atoms with Crippen molar-refractivity contribution in [3.8, 4) is 22.3 Å². The molecule has 2 heteroatoms. The maximum Gasteiger partial charge on any atom is 0.0713 e. The second-order valence-corrected chi connectivity index (χ2v) is 21.4. The van der Waals surface area contributed by atoms with Crippen molar-refractivity contribution >= 4 is 66.4 Å². The molecule has 0 radical (unpaired) electrons. The Balaban J connectivity index is 0.00000154. The molecule has 0 bridgehead atoms. The van der Waals surface area contributed by atoms with Crippen molar-refractivity contribution in [2.45, 2.75) is 38.5 Å². The molecule has 2 aliphatic carbocycles. The zero-order chi connectivity index (χ0) is 56.8. The van der Waals surface area contributed by atoms with Crippen molar-refractivity contribution in [1.82, 2.24) is 0 Å². The van der Waals surface area contributed by atoms with Crippen LogP contribution in [0.3, 0.4) is 0 Å². The van der Waals surface area contributed by atoms with E-state index < -0.39 is 10.8 Å². The van der Waals surface area contributed by atoms with E-state index >= 15 is 0 Å². The van der Waals surface area contributed by atoms with Crippen LogP contribution in [0, 0.1) is 0 Å². The van der Waals surface area contributed by atoms with Crippen LogP contribution in [0.15, 0.2) is 315 Å². The summed E-state index contributed by atoms with van der Waals surface area (Å²) in [6, 6.07) is 117. The van der Waals surface area contributed by atoms with Crippen LogP contribution >= 0.6 is 0 Å². The fourth-order valence-electron chi connectivity index (χ4n) is 14.3. The third-order valence-corrected chi connectivity index (χ3v) is 17.6. The van der Waals surface area contributed by atoms with E-state index in [-0.39, 0.29) is 0 Å². The lowest BCUT2D eigenvalue weighted by atomic mass is 9.68. The van der Waals surface area contributed by atoms with E-state index in [2.05, 4.69) is 325 Å². The highest BCUT2D eigenvalue weighted by atomic mass is 15.1. The summed E-state index contributed by atoms with van der Waals surface area (Å²) in [6.45, 7) is 8.00. The second kappa shape index (κ2) is 21.6. The van der Waals surface area contributed by atoms with Gasteiger partial charge in [0.1, 0.15) is 0 Å². The molecular formula is C82H64N2. The van der Waals surface area contributed by atoms with E-state index in [1.165, 1.54) is 99.1 Å². The van der Waals surface area contributed by atoms with Gasteiger partial charge in [0.15, 0.2) is 0 Å². The molecular weight excluding hydrogens is 1010 g/mol. The average Bonchev–Trinajstić information content (AvgIpc) is 2.72. The summed E-state index contributed by atoms with van der Waals surface area (Å²) in [5.74, 6) is 0. The van der Waals surface area contributed by atoms with Crippen LogP contribution in [0.1, 0.15) is 72.2 Å². The normalized spacial score (nSPS) is 13.0. The lowest BCUT2D eigenvalue weighted by molar-refractivity contribution is 0.768. The molecule has 0 fully saturated rings. The van der Waals surface area contributed by atoms with Crippen molar-refractivity contribution in [3.05, 3.63) is 360 Å². The quantitative estimate of drug-likeness (QED) is 0.126. The summed E-state index contributed by atoms with van der Waals surface area (Å²) in [5.41, 5.74) is 21.1. The monoisotopic (exact) mass is 1080 g/mol. The Bertz CT molecular complexity index is 4240. The second-order valence-electron chi connectivity index (χ2n) is 21.4. The first-order chi connectivity index (χ1) is 41.7. The summed E-state index contributed by atoms with van der Waals surface area (Å²) < 4.78 is 0. The predicted molar refractivity (Wildman–Crippen MR) is 357 cm³/mol. The minimum atomic E-state index is -0.482. The van der Waals surface area contributed by atoms with E-state index in [0.29, 0.717) is 0 Å². The standard InChI is InChI=1S/C78H52N2.2C2H6/c1-5-21-55(22-6-1)77(69-33-17-13-29-63(69)64-30-14-18-34-70(64)77)57-41-45-61(46-42-57)79(59-25-9-3-10-26-59)73-51-39-53-38-50-68-74(52-40-54-37-49-67(73)75(53)76(54)68)80(60-27-11-4-12-28-60)62-47-43-58(44-48-62)78(56-23-7-2-8-24-56)71-35-19-15-31-65(71)66-32-16-20-36-72(66)78;2*1-2/h1-52H;2*1-2H3. The van der Waals surface area contributed by atoms with E-state index in [1.54, 1.807) is 0 Å². The molecule has 0 spiro atoms. The number of anilines is 6. The summed E-state index contributed by atoms with van der Waals surface area (Å²) in [7, 11) is 0. The van der Waals surface area contributed by atoms with Crippen LogP contribution in [0.25, 0.3) is 54.6 Å². The van der Waals surface area contributed by atoms with Crippen molar-refractivity contribution in [2.75, 3.05) is 9.80 Å². The number of nitrogens with zero attached hydrogens (tertiary/aromatic N) is 2. The Morgan fingerprint density at radius 1 is 0.214 bits per heavy atom. The van der Waals surface area contributed by atoms with Gasteiger partial charge in [0, 0.05) is 33.5 Å². The Labute approximate surface area is 494 Å². The zero-order valence-corrected chi connectivity index (χ0v) is 47.9. The van der Waals surface area contributed by atoms with E-state index in [0.717, 1.165) is 34.1 Å². The largest absolute Gasteiger partial charge is 0.310 e. The number of fused-ring (bicyclic) bond motifs is 6. The lowest BCUT2D eigenvalue weighted by Crippen LogP contribution is -2.28. The van der Waals surface area contributed by atoms with Gasteiger partial charge in [-0.25, -0.2) is 0 Å². The molecule has 84 heavy (non-hydrogen) atoms. The number of hydrogen-bond donors (Lipinski definition) is 0. The minimum Gasteiger partial charge on any atom is -0.310 e. The molecule has 0 atom stereocenters. The van der Waals surface area contributed by atoms with Gasteiger partial charge in [0.2, 0.25) is 0 Å². The van der Waals surface area contributed by atoms with Gasteiger partial charge in [0.25, 0.3) is 0 Å². The topological polar surface area (TPSA) is 6.48 Å². The highest BCUT2D eigenvalue weighted by molar-refractivity contribution is 6.28. The van der Waals surface area contributed by atoms with Crippen molar-refractivity contribution in [3.63, 3.8) is 0 Å². The molecule has 14 aromatic carbocycles. The third-order valence-electron chi connectivity index (χ3n) is 17.6. The Morgan fingerprint density at radius 3 is 0.786 bits per heavy atom. The van der Waals surface area contributed by atoms with Crippen LogP contribution in [-0.2, 0) is 10.8 Å². The summed E-state index contributed by atoms with van der Waals surface area (Å²) in [5, 5.41) is 7.33. The van der Waals surface area contributed by atoms with Crippen molar-refractivity contribution < 1.29 is 0 Å². The van der Waals surface area contributed by atoms with E-state index in [4.69, 9.17) is 0 Å². The fraction of sp³-hybridized carbons (Fsp3) is 0.0732. The van der Waals surface area contributed by atoms with Gasteiger partial charge < -0.3 is 9.80 Å². The summed E-state index contributed by atoms with van der Waals surface area (Å²) in [6.07, 6.45) is 0. The Morgan fingerprint density at radius 2 is 0.464 bits per heavy atom. The van der Waals surface area contributed by atoms with Crippen LogP contribution < -0.4 is 9.80 Å². The first-order valence-electron chi connectivity index (χ1n) is 29.8. The van der Waals surface area contributed by atoms with Crippen molar-refractivity contribution in [2.24, 2.45) is 0 Å². The predicted octanol–water partition coefficient (Wildman–Crippen LogP) is 22.3. The first kappa shape index (κ1) is 51.8. The molecule has 14 aromatic rings. The van der Waals surface area contributed by atoms with Gasteiger partial charge in [-0.3, -0.25) is 0 Å². The summed E-state index contributed by atoms with van der Waals surface area (Å²) in [4.78, 5) is 4.90. The van der Waals surface area contributed by atoms with Crippen LogP contribution in [-0.4, -0.2) is 0 Å². The first-order valence-corrected chi connectivity index (χ1v) is 29.8. The van der Waals surface area contributed by atoms with Crippen LogP contribution in [0.2, 0.25) is 0 Å². The third kappa shape index (κ3) is 7.85. The molecule has 0 amide bonds. The number of hydrogen-bond acceptors (Lipinski definition) is 2. The maximum atomic E-state index is 2.45. The molecule has 0 unspecified atom stereocenters. The van der Waals surface area contributed by atoms with Crippen molar-refractivity contribution in [1.29, 1.82) is 0 Å². The average molecular weight is 1080 g/mol. The molecule has 402 valence electrons. The summed E-state index contributed by atoms with van der Waals surface area (Å²) >= 11 is 0. The Kier molecular flexibility index (Phi) is 13.3. The van der Waals surface area contributed by atoms with E-state index in [9.17, 15) is 0 Å². The van der Waals surface area contributed by atoms with Gasteiger partial charge in [-0.15, -0.1) is 0 Å². The molecule has 2 nitrogen and oxygen atoms in total. The van der Waals surface area contributed by atoms with Gasteiger partial charge in [-0.05, 0) is 149 Å². The SMILES string of the molecule is CC.CC.c1ccc(N(c2ccc(C3(c4ccccc4)c4ccccc4-c4ccccc43)cc2)c2ccc3ccc4c(N(c5ccccc5)c5ccc(C6(c7ccccc7)c7ccccc7-c7ccccc76)cc5)ccc5ccc2c3c54)cc1. The maximum absolute atomic E-state index is 2.45. The van der Waals surface area contributed by atoms with Gasteiger partial charge in [-0.2, -0.15) is 0 Å². The highest BCUT2D eigenvalue weighted by Crippen LogP contribution is 2.58. The minimum absolute atomic E-state index is 0.482. The number of para-hydroxylation sites is 2. The van der Waals surface area contributed by atoms with Gasteiger partial charge >= 0.3 is 0 Å². The van der Waals surface area contributed by atoms with Crippen LogP contribution in [0.4, 0.5) is 34.1 Å². The zero-order valence-electron chi connectivity index (χ0n) is 47.9. The molecule has 2 aliphatic rings. The number of rotatable bonds is 10. The molecule has 0 N–H and O–H groups in total. The van der Waals surface area contributed by atoms with E-state index in [1.807, 2.05) is 27.7 Å². The van der Waals surface area contributed by atoms with Gasteiger partial charge in [-0.1, -0.05) is 282 Å². The Hall–Kier alpha value is -10.3. The lowest BCUT2D eigenvalue weighted by Gasteiger charge is -2.34. The fourth-order valence-corrected chi connectivity index (χ4v) is 14.3. The molecule has 0 saturated carbocycles. The van der Waals surface area contributed by atoms with Gasteiger partial charge in [0.05, 0.1) is 22.2 Å².